The molecule has 9 aromatic rings. The number of benzene rings is 9. The molecular formula is C82H83Cl2N9O23. The first-order valence-electron chi connectivity index (χ1n) is 37.2. The Morgan fingerprint density at radius 2 is 1.29 bits per heavy atom. The molecule has 7 aliphatic rings. The van der Waals surface area contributed by atoms with Gasteiger partial charge in [-0.3, -0.25) is 33.6 Å². The number of ether oxygens (including phenoxy) is 6. The normalized spacial score (nSPS) is 27.3. The summed E-state index contributed by atoms with van der Waals surface area (Å²) in [5, 5.41) is 129. The van der Waals surface area contributed by atoms with Gasteiger partial charge in [0.1, 0.15) is 102 Å². The number of fused-ring (bicyclic) bond motifs is 15. The van der Waals surface area contributed by atoms with E-state index in [4.69, 9.17) is 63.1 Å². The Labute approximate surface area is 670 Å². The zero-order valence-corrected chi connectivity index (χ0v) is 63.9. The Hall–Kier alpha value is -11.1. The largest absolute Gasteiger partial charge is 0.508 e. The van der Waals surface area contributed by atoms with Gasteiger partial charge < -0.3 is 128 Å². The van der Waals surface area contributed by atoms with Gasteiger partial charge in [0.25, 0.3) is 0 Å². The molecule has 0 radical (unpaired) electrons. The fraction of sp³-hybridized carbons (Fsp3) is 0.341. The quantitative estimate of drug-likeness (QED) is 0.0518. The SMILES string of the molecule is CC(C)C[C@@H](N)C(=O)N[C@H]1C(=O)N[C@@H](CC=O)C(=O)N[C@H]2C(=O)NC3C(=O)N[C@H](C(=O)N[C@H](C(=O)NCc4ccc5ccc6cccc7ccc4c5c67)c4cc(O)cc(O)c4-c4cc3ccc4O)[C@H](O)c3ccc(c(Cl)c3)Oc3cc2cc(c3O[C@@H]2O[C@H](CO)[C@@H](O)[C@H](O)[C@H]2O[C@H]2C[C@](C)(N)[C@@H](O)[C@H](C)O2)Oc2ccc(cc2Cl)[C@H]1O. The molecule has 2 fully saturated rings. The number of phenols is 3. The lowest BCUT2D eigenvalue weighted by molar-refractivity contribution is -0.333. The summed E-state index contributed by atoms with van der Waals surface area (Å²) in [6.45, 7) is 5.41. The van der Waals surface area contributed by atoms with Crippen LogP contribution in [0, 0.1) is 5.92 Å². The van der Waals surface area contributed by atoms with E-state index in [2.05, 4.69) is 37.2 Å². The first kappa shape index (κ1) is 81.5. The van der Waals surface area contributed by atoms with Gasteiger partial charge >= 0.3 is 0 Å². The number of aliphatic hydroxyl groups is 6. The van der Waals surface area contributed by atoms with Crippen molar-refractivity contribution < 1.29 is 113 Å². The predicted molar refractivity (Wildman–Crippen MR) is 416 cm³/mol. The number of halogens is 2. The molecule has 0 spiro atoms. The van der Waals surface area contributed by atoms with Crippen LogP contribution in [0.2, 0.25) is 10.0 Å². The lowest BCUT2D eigenvalue weighted by Crippen LogP contribution is -2.64. The Kier molecular flexibility index (Phi) is 23.1. The van der Waals surface area contributed by atoms with Gasteiger partial charge in [-0.25, -0.2) is 0 Å². The number of hydrogen-bond acceptors (Lipinski definition) is 25. The number of carbonyl (C=O) groups excluding carboxylic acids is 8. The zero-order chi connectivity index (χ0) is 82.8. The zero-order valence-electron chi connectivity index (χ0n) is 62.4. The summed E-state index contributed by atoms with van der Waals surface area (Å²) in [6, 6.07) is 17.7. The van der Waals surface area contributed by atoms with E-state index in [1.54, 1.807) is 13.8 Å². The fourth-order valence-electron chi connectivity index (χ4n) is 15.5. The number of phenolic OH excluding ortho intramolecular Hbond substituents is 3. The smallest absolute Gasteiger partial charge is 0.248 e. The third-order valence-corrected chi connectivity index (χ3v) is 22.1. The topological polar surface area (TPSA) is 510 Å². The molecule has 0 saturated carbocycles. The number of nitrogens with two attached hydrogens (primary N) is 2. The third kappa shape index (κ3) is 16.1. The minimum absolute atomic E-state index is 0.0911. The van der Waals surface area contributed by atoms with E-state index in [1.165, 1.54) is 38.1 Å². The van der Waals surface area contributed by atoms with Gasteiger partial charge in [0, 0.05) is 42.1 Å². The van der Waals surface area contributed by atoms with Crippen molar-refractivity contribution in [2.75, 3.05) is 6.61 Å². The van der Waals surface area contributed by atoms with Crippen LogP contribution < -0.4 is 62.9 Å². The van der Waals surface area contributed by atoms with E-state index in [-0.39, 0.29) is 75.9 Å². The van der Waals surface area contributed by atoms with Crippen LogP contribution >= 0.6 is 23.2 Å². The van der Waals surface area contributed by atoms with Gasteiger partial charge in [-0.1, -0.05) is 110 Å². The van der Waals surface area contributed by atoms with Gasteiger partial charge in [-0.2, -0.15) is 0 Å². The average Bonchev–Trinajstić information content (AvgIpc) is 0.726. The molecule has 2 saturated heterocycles. The van der Waals surface area contributed by atoms with Crippen LogP contribution in [0.5, 0.6) is 46.0 Å². The predicted octanol–water partition coefficient (Wildman–Crippen LogP) is 4.69. The minimum Gasteiger partial charge on any atom is -0.508 e. The molecule has 11 bridgehead atoms. The Morgan fingerprint density at radius 3 is 1.94 bits per heavy atom. The molecule has 116 heavy (non-hydrogen) atoms. The maximum atomic E-state index is 16.3. The van der Waals surface area contributed by atoms with Crippen LogP contribution in [0.15, 0.2) is 133 Å². The first-order valence-corrected chi connectivity index (χ1v) is 37.9. The number of carbonyl (C=O) groups is 8. The molecule has 32 nitrogen and oxygen atoms in total. The third-order valence-electron chi connectivity index (χ3n) is 21.5. The summed E-state index contributed by atoms with van der Waals surface area (Å²) in [4.78, 5) is 120. The van der Waals surface area contributed by atoms with Crippen molar-refractivity contribution in [1.29, 1.82) is 0 Å². The van der Waals surface area contributed by atoms with Gasteiger partial charge in [0.15, 0.2) is 23.9 Å². The molecule has 9 aromatic carbocycles. The van der Waals surface area contributed by atoms with Crippen molar-refractivity contribution in [1.82, 2.24) is 37.2 Å². The van der Waals surface area contributed by atoms with Crippen LogP contribution in [-0.4, -0.2) is 179 Å². The lowest BCUT2D eigenvalue weighted by atomic mass is 9.86. The Bertz CT molecular complexity index is 5370. The van der Waals surface area contributed by atoms with Crippen LogP contribution in [0.1, 0.15) is 111 Å². The number of aldehydes is 1. The van der Waals surface area contributed by atoms with E-state index >= 15 is 24.0 Å². The van der Waals surface area contributed by atoms with Crippen molar-refractivity contribution in [3.05, 3.63) is 177 Å². The number of aliphatic hydroxyl groups excluding tert-OH is 6. The van der Waals surface area contributed by atoms with Gasteiger partial charge in [0.2, 0.25) is 53.4 Å². The Morgan fingerprint density at radius 1 is 0.672 bits per heavy atom. The molecule has 0 aromatic heterocycles. The van der Waals surface area contributed by atoms with Gasteiger partial charge in [-0.05, 0) is 146 Å². The standard InChI is InChI=1S/C82H83Cl2N9O23/c1-33(2)22-49(85)74(104)92-65-67(99)39-14-18-53(47(83)24-39)112-55-26-42-27-56(71(55)116-81-72(70(102)69(101)57(32-95)114-81)115-58-30-82(4,86)73(103)34(3)111-58)113-54-19-15-40(25-48(54)84)68(100)66-80(110)91-64(76(106)87-31-41-11-10-37-9-8-35-6-5-7-36-12-16-44(41)60(37)59(35)36)46-28-43(96)29-52(98)61(46)45-23-38(13-17-51(45)97)62(77(107)93-66)90-78(108)63(42)89-75(105)50(20-21-94)88-79(65)109/h5-19,21,23-29,33-34,49-50,57-58,62-70,72-73,81,95-103H,20,22,30-32,85-86H2,1-4H3,(H,87,106)(H,88,109)(H,89,105)(H,90,108)(H,91,110)(H,92,104)(H,93,107)/t34-,49+,50-,57+,58-,62?,63+,64-,65+,66-,67+,68+,69+,70-,72+,73-,81-,82-/m0/s1. The monoisotopic (exact) mass is 1630 g/mol. The molecule has 16 rings (SSSR count). The van der Waals surface area contributed by atoms with Crippen molar-refractivity contribution in [3.8, 4) is 57.1 Å². The molecule has 1 unspecified atom stereocenters. The van der Waals surface area contributed by atoms with E-state index in [0.29, 0.717) is 5.56 Å². The second-order valence-electron chi connectivity index (χ2n) is 30.2. The second kappa shape index (κ2) is 32.9. The fourth-order valence-corrected chi connectivity index (χ4v) is 15.9. The molecule has 0 aliphatic carbocycles. The highest BCUT2D eigenvalue weighted by atomic mass is 35.5. The summed E-state index contributed by atoms with van der Waals surface area (Å²) < 4.78 is 38.7. The summed E-state index contributed by atoms with van der Waals surface area (Å²) in [5.74, 6) is -13.4. The summed E-state index contributed by atoms with van der Waals surface area (Å²) in [7, 11) is 0. The Balaban J connectivity index is 0.946. The first-order chi connectivity index (χ1) is 55.3. The number of aromatic hydroxyl groups is 3. The maximum Gasteiger partial charge on any atom is 0.248 e. The highest BCUT2D eigenvalue weighted by molar-refractivity contribution is 6.32. The van der Waals surface area contributed by atoms with Crippen molar-refractivity contribution in [2.24, 2.45) is 17.4 Å². The summed E-state index contributed by atoms with van der Waals surface area (Å²) in [5.41, 5.74) is 9.76. The molecule has 34 heteroatoms. The molecule has 608 valence electrons. The van der Waals surface area contributed by atoms with E-state index < -0.39 is 214 Å². The van der Waals surface area contributed by atoms with E-state index in [9.17, 15) is 60.3 Å². The number of rotatable bonds is 14. The molecule has 18 atom stereocenters. The van der Waals surface area contributed by atoms with Gasteiger partial charge in [-0.15, -0.1) is 0 Å². The van der Waals surface area contributed by atoms with Gasteiger partial charge in [0.05, 0.1) is 34.9 Å². The second-order valence-corrected chi connectivity index (χ2v) is 31.0. The van der Waals surface area contributed by atoms with Crippen molar-refractivity contribution in [3.63, 3.8) is 0 Å². The summed E-state index contributed by atoms with van der Waals surface area (Å²) in [6.07, 6.45) is -18.2. The lowest BCUT2D eigenvalue weighted by Gasteiger charge is -2.47. The highest BCUT2D eigenvalue weighted by Gasteiger charge is 2.52. The van der Waals surface area contributed by atoms with Crippen LogP contribution in [0.3, 0.4) is 0 Å². The van der Waals surface area contributed by atoms with Crippen LogP contribution in [0.25, 0.3) is 43.4 Å². The van der Waals surface area contributed by atoms with Crippen molar-refractivity contribution in [2.45, 2.75) is 163 Å². The highest BCUT2D eigenvalue weighted by Crippen LogP contribution is 2.50. The minimum atomic E-state index is -2.31. The van der Waals surface area contributed by atoms with E-state index in [1.807, 2.05) is 54.6 Å². The molecule has 20 N–H and O–H groups in total. The average molecular weight is 1630 g/mol. The maximum absolute atomic E-state index is 16.3. The molecular weight excluding hydrogens is 1550 g/mol. The number of nitrogens with one attached hydrogen (secondary N) is 7. The molecule has 7 heterocycles. The number of hydrogen-bond donors (Lipinski definition) is 18. The van der Waals surface area contributed by atoms with Crippen molar-refractivity contribution >= 4 is 103 Å². The van der Waals surface area contributed by atoms with Crippen LogP contribution in [-0.2, 0) is 59.1 Å². The summed E-state index contributed by atoms with van der Waals surface area (Å²) >= 11 is 14.3. The van der Waals surface area contributed by atoms with Crippen LogP contribution in [0.4, 0.5) is 0 Å². The molecule has 7 amide bonds. The number of amides is 7. The van der Waals surface area contributed by atoms with E-state index in [0.717, 1.165) is 86.9 Å². The molecule has 7 aliphatic heterocycles.